The van der Waals surface area contributed by atoms with Crippen LogP contribution in [0.15, 0.2) is 6.20 Å². The van der Waals surface area contributed by atoms with E-state index in [-0.39, 0.29) is 0 Å². The maximum Gasteiger partial charge on any atom is 0.0666 e. The average Bonchev–Trinajstić information content (AvgIpc) is 2.92. The number of nitrogens with one attached hydrogen (secondary N) is 1. The predicted octanol–water partition coefficient (Wildman–Crippen LogP) is 1.55. The van der Waals surface area contributed by atoms with Gasteiger partial charge < -0.3 is 5.32 Å². The summed E-state index contributed by atoms with van der Waals surface area (Å²) in [5.74, 6) is 0. The topological polar surface area (TPSA) is 33.1 Å². The van der Waals surface area contributed by atoms with Crippen LogP contribution < -0.4 is 5.32 Å². The van der Waals surface area contributed by atoms with E-state index in [2.05, 4.69) is 42.3 Å². The van der Waals surface area contributed by atoms with Crippen LogP contribution in [-0.4, -0.2) is 39.9 Å². The van der Waals surface area contributed by atoms with Gasteiger partial charge in [0.1, 0.15) is 0 Å². The highest BCUT2D eigenvalue weighted by molar-refractivity contribution is 5.16. The predicted molar refractivity (Wildman–Crippen MR) is 74.5 cm³/mol. The highest BCUT2D eigenvalue weighted by Gasteiger charge is 2.23. The highest BCUT2D eigenvalue weighted by Crippen LogP contribution is 2.14. The van der Waals surface area contributed by atoms with Crippen molar-refractivity contribution in [1.29, 1.82) is 0 Å². The fourth-order valence-electron chi connectivity index (χ4n) is 2.71. The van der Waals surface area contributed by atoms with Crippen LogP contribution in [0.5, 0.6) is 0 Å². The Morgan fingerprint density at radius 3 is 2.89 bits per heavy atom. The van der Waals surface area contributed by atoms with Crippen molar-refractivity contribution in [2.45, 2.75) is 52.2 Å². The molecule has 1 aliphatic rings. The van der Waals surface area contributed by atoms with Crippen molar-refractivity contribution in [3.05, 3.63) is 17.5 Å². The zero-order chi connectivity index (χ0) is 13.1. The van der Waals surface area contributed by atoms with Gasteiger partial charge in [0.2, 0.25) is 0 Å². The summed E-state index contributed by atoms with van der Waals surface area (Å²) in [6.07, 6.45) is 4.42. The molecule has 0 aliphatic carbocycles. The van der Waals surface area contributed by atoms with Crippen molar-refractivity contribution < 1.29 is 0 Å². The molecule has 0 aromatic carbocycles. The Bertz CT molecular complexity index is 383. The van der Waals surface area contributed by atoms with Gasteiger partial charge in [-0.3, -0.25) is 9.58 Å². The van der Waals surface area contributed by atoms with Gasteiger partial charge in [0.05, 0.1) is 5.69 Å². The van der Waals surface area contributed by atoms with Crippen LogP contribution in [0, 0.1) is 0 Å². The minimum Gasteiger partial charge on any atom is -0.308 e. The molecule has 1 aromatic heterocycles. The molecule has 0 radical (unpaired) electrons. The molecule has 2 rings (SSSR count). The molecule has 0 bridgehead atoms. The largest absolute Gasteiger partial charge is 0.308 e. The Kier molecular flexibility index (Phi) is 4.40. The smallest absolute Gasteiger partial charge is 0.0666 e. The number of aromatic nitrogens is 2. The van der Waals surface area contributed by atoms with Crippen LogP contribution in [0.4, 0.5) is 0 Å². The monoisotopic (exact) mass is 250 g/mol. The van der Waals surface area contributed by atoms with Crippen molar-refractivity contribution in [2.24, 2.45) is 7.05 Å². The molecule has 1 N–H and O–H groups in total. The van der Waals surface area contributed by atoms with Crippen LogP contribution in [0.3, 0.4) is 0 Å². The minimum atomic E-state index is 0.636. The van der Waals surface area contributed by atoms with E-state index >= 15 is 0 Å². The first-order chi connectivity index (χ1) is 8.60. The maximum absolute atomic E-state index is 4.48. The lowest BCUT2D eigenvalue weighted by Crippen LogP contribution is -2.34. The highest BCUT2D eigenvalue weighted by atomic mass is 15.3. The van der Waals surface area contributed by atoms with E-state index in [4.69, 9.17) is 0 Å². The van der Waals surface area contributed by atoms with Crippen molar-refractivity contribution in [3.63, 3.8) is 0 Å². The Balaban J connectivity index is 1.85. The SMILES string of the molecule is CCc1nn(C)cc1CNC1CCN(C(C)C)C1. The van der Waals surface area contributed by atoms with Crippen LogP contribution in [0.25, 0.3) is 0 Å². The van der Waals surface area contributed by atoms with Crippen molar-refractivity contribution >= 4 is 0 Å². The first-order valence-electron chi connectivity index (χ1n) is 7.09. The molecule has 1 saturated heterocycles. The summed E-state index contributed by atoms with van der Waals surface area (Å²) in [5.41, 5.74) is 2.58. The quantitative estimate of drug-likeness (QED) is 0.861. The number of likely N-dealkylation sites (tertiary alicyclic amines) is 1. The van der Waals surface area contributed by atoms with Gasteiger partial charge in [-0.2, -0.15) is 5.10 Å². The Morgan fingerprint density at radius 1 is 1.50 bits per heavy atom. The summed E-state index contributed by atoms with van der Waals surface area (Å²) in [6, 6.07) is 1.30. The van der Waals surface area contributed by atoms with E-state index in [1.807, 2.05) is 11.7 Å². The van der Waals surface area contributed by atoms with Crippen LogP contribution in [-0.2, 0) is 20.0 Å². The molecule has 1 aliphatic heterocycles. The fourth-order valence-corrected chi connectivity index (χ4v) is 2.71. The van der Waals surface area contributed by atoms with E-state index in [1.54, 1.807) is 0 Å². The fraction of sp³-hybridized carbons (Fsp3) is 0.786. The third-order valence-electron chi connectivity index (χ3n) is 3.86. The van der Waals surface area contributed by atoms with Crippen LogP contribution >= 0.6 is 0 Å². The standard InChI is InChI=1S/C14H26N4/c1-5-14-12(9-17(4)16-14)8-15-13-6-7-18(10-13)11(2)3/h9,11,13,15H,5-8,10H2,1-4H3. The van der Waals surface area contributed by atoms with Gasteiger partial charge in [-0.25, -0.2) is 0 Å². The zero-order valence-electron chi connectivity index (χ0n) is 12.1. The molecule has 0 spiro atoms. The average molecular weight is 250 g/mol. The van der Waals surface area contributed by atoms with Gasteiger partial charge in [0.15, 0.2) is 0 Å². The van der Waals surface area contributed by atoms with Gasteiger partial charge >= 0.3 is 0 Å². The second kappa shape index (κ2) is 5.85. The summed E-state index contributed by atoms with van der Waals surface area (Å²) in [7, 11) is 2.00. The first kappa shape index (κ1) is 13.6. The summed E-state index contributed by atoms with van der Waals surface area (Å²) < 4.78 is 1.92. The Labute approximate surface area is 110 Å². The van der Waals surface area contributed by atoms with Gasteiger partial charge in [0, 0.05) is 44.0 Å². The van der Waals surface area contributed by atoms with Crippen molar-refractivity contribution in [3.8, 4) is 0 Å². The van der Waals surface area contributed by atoms with Crippen LogP contribution in [0.1, 0.15) is 38.4 Å². The molecule has 1 aromatic rings. The van der Waals surface area contributed by atoms with Gasteiger partial charge in [-0.15, -0.1) is 0 Å². The molecule has 0 saturated carbocycles. The van der Waals surface area contributed by atoms with Crippen molar-refractivity contribution in [1.82, 2.24) is 20.0 Å². The zero-order valence-corrected chi connectivity index (χ0v) is 12.1. The van der Waals surface area contributed by atoms with E-state index in [9.17, 15) is 0 Å². The Morgan fingerprint density at radius 2 is 2.28 bits per heavy atom. The minimum absolute atomic E-state index is 0.636. The maximum atomic E-state index is 4.48. The molecule has 18 heavy (non-hydrogen) atoms. The van der Waals surface area contributed by atoms with E-state index < -0.39 is 0 Å². The van der Waals surface area contributed by atoms with Crippen LogP contribution in [0.2, 0.25) is 0 Å². The number of aryl methyl sites for hydroxylation is 2. The van der Waals surface area contributed by atoms with Gasteiger partial charge in [-0.05, 0) is 33.2 Å². The number of hydrogen-bond acceptors (Lipinski definition) is 3. The molecule has 102 valence electrons. The summed E-state index contributed by atoms with van der Waals surface area (Å²) in [6.45, 7) is 10.1. The first-order valence-corrected chi connectivity index (χ1v) is 7.09. The van der Waals surface area contributed by atoms with E-state index in [1.165, 1.54) is 30.8 Å². The lowest BCUT2D eigenvalue weighted by molar-refractivity contribution is 0.268. The summed E-state index contributed by atoms with van der Waals surface area (Å²) >= 11 is 0. The van der Waals surface area contributed by atoms with Crippen molar-refractivity contribution in [2.75, 3.05) is 13.1 Å². The lowest BCUT2D eigenvalue weighted by Gasteiger charge is -2.20. The third-order valence-corrected chi connectivity index (χ3v) is 3.86. The lowest BCUT2D eigenvalue weighted by atomic mass is 10.2. The van der Waals surface area contributed by atoms with E-state index in [0.717, 1.165) is 13.0 Å². The molecule has 2 heterocycles. The normalized spacial score (nSPS) is 21.1. The third kappa shape index (κ3) is 3.12. The molecule has 1 fully saturated rings. The van der Waals surface area contributed by atoms with E-state index in [0.29, 0.717) is 12.1 Å². The summed E-state index contributed by atoms with van der Waals surface area (Å²) in [5, 5.41) is 8.16. The second-order valence-electron chi connectivity index (χ2n) is 5.58. The molecule has 1 atom stereocenters. The molecule has 4 nitrogen and oxygen atoms in total. The Hall–Kier alpha value is -0.870. The van der Waals surface area contributed by atoms with Gasteiger partial charge in [0.25, 0.3) is 0 Å². The number of nitrogens with zero attached hydrogens (tertiary/aromatic N) is 3. The summed E-state index contributed by atoms with van der Waals surface area (Å²) in [4.78, 5) is 2.54. The molecular formula is C14H26N4. The van der Waals surface area contributed by atoms with Gasteiger partial charge in [-0.1, -0.05) is 6.92 Å². The molecule has 0 amide bonds. The number of hydrogen-bond donors (Lipinski definition) is 1. The number of rotatable bonds is 5. The molecular weight excluding hydrogens is 224 g/mol. The molecule has 1 unspecified atom stereocenters. The second-order valence-corrected chi connectivity index (χ2v) is 5.58. The molecule has 4 heteroatoms.